The molecule has 3 heteroatoms. The molecule has 3 nitrogen and oxygen atoms in total. The predicted octanol–water partition coefficient (Wildman–Crippen LogP) is 1.27. The summed E-state index contributed by atoms with van der Waals surface area (Å²) in [5.74, 6) is 0.833. The van der Waals surface area contributed by atoms with Crippen LogP contribution in [0.3, 0.4) is 0 Å². The van der Waals surface area contributed by atoms with Crippen LogP contribution in [-0.2, 0) is 4.79 Å². The van der Waals surface area contributed by atoms with Crippen LogP contribution >= 0.6 is 0 Å². The lowest BCUT2D eigenvalue weighted by atomic mass is 10.0. The highest BCUT2D eigenvalue weighted by Crippen LogP contribution is 2.34. The van der Waals surface area contributed by atoms with Gasteiger partial charge in [-0.2, -0.15) is 0 Å². The lowest BCUT2D eigenvalue weighted by Crippen LogP contribution is -2.50. The molecule has 82 valence electrons. The number of nitrogens with two attached hydrogens (primary N) is 1. The Hall–Kier alpha value is -0.570. The molecule has 0 aromatic rings. The molecule has 1 amide bonds. The third kappa shape index (κ3) is 2.98. The van der Waals surface area contributed by atoms with Crippen molar-refractivity contribution >= 4 is 5.91 Å². The van der Waals surface area contributed by atoms with E-state index >= 15 is 0 Å². The van der Waals surface area contributed by atoms with Gasteiger partial charge >= 0.3 is 0 Å². The second kappa shape index (κ2) is 4.78. The van der Waals surface area contributed by atoms with Crippen molar-refractivity contribution in [3.05, 3.63) is 0 Å². The summed E-state index contributed by atoms with van der Waals surface area (Å²) in [6.45, 7) is 6.22. The second-order valence-corrected chi connectivity index (χ2v) is 4.64. The lowest BCUT2D eigenvalue weighted by molar-refractivity contribution is -0.121. The molecule has 0 aromatic carbocycles. The molecule has 14 heavy (non-hydrogen) atoms. The van der Waals surface area contributed by atoms with Gasteiger partial charge in [0.1, 0.15) is 0 Å². The minimum atomic E-state index is -0.223. The number of primary amides is 1. The normalized spacial score (nSPS) is 20.9. The van der Waals surface area contributed by atoms with Gasteiger partial charge in [-0.15, -0.1) is 0 Å². The monoisotopic (exact) mass is 198 g/mol. The summed E-state index contributed by atoms with van der Waals surface area (Å²) in [7, 11) is 0. The fourth-order valence-electron chi connectivity index (χ4n) is 1.92. The molecule has 0 saturated heterocycles. The molecule has 0 aliphatic heterocycles. The van der Waals surface area contributed by atoms with E-state index in [1.807, 2.05) is 13.8 Å². The van der Waals surface area contributed by atoms with Crippen LogP contribution < -0.4 is 11.1 Å². The average molecular weight is 198 g/mol. The van der Waals surface area contributed by atoms with Crippen molar-refractivity contribution in [2.45, 2.75) is 52.1 Å². The van der Waals surface area contributed by atoms with Crippen LogP contribution in [0.5, 0.6) is 0 Å². The largest absolute Gasteiger partial charge is 0.368 e. The molecule has 1 saturated carbocycles. The number of nitrogens with one attached hydrogen (secondary N) is 1. The zero-order valence-corrected chi connectivity index (χ0v) is 9.42. The number of rotatable bonds is 6. The zero-order chi connectivity index (χ0) is 10.7. The molecule has 0 aromatic heterocycles. The van der Waals surface area contributed by atoms with Crippen molar-refractivity contribution in [1.29, 1.82) is 0 Å². The first-order valence-electron chi connectivity index (χ1n) is 5.61. The quantitative estimate of drug-likeness (QED) is 0.675. The van der Waals surface area contributed by atoms with Gasteiger partial charge in [0.15, 0.2) is 0 Å². The van der Waals surface area contributed by atoms with Crippen LogP contribution in [0.25, 0.3) is 0 Å². The highest BCUT2D eigenvalue weighted by molar-refractivity contribution is 5.80. The molecule has 1 aliphatic carbocycles. The SMILES string of the molecule is CCC(NC(C(N)=O)C(C)C)C1CC1. The van der Waals surface area contributed by atoms with Crippen molar-refractivity contribution in [2.75, 3.05) is 0 Å². The van der Waals surface area contributed by atoms with E-state index in [0.717, 1.165) is 12.3 Å². The Labute approximate surface area is 86.4 Å². The van der Waals surface area contributed by atoms with Gasteiger partial charge in [0.25, 0.3) is 0 Å². The molecule has 0 spiro atoms. The van der Waals surface area contributed by atoms with E-state index in [2.05, 4.69) is 12.2 Å². The summed E-state index contributed by atoms with van der Waals surface area (Å²) in [4.78, 5) is 11.2. The van der Waals surface area contributed by atoms with Gasteiger partial charge in [0, 0.05) is 6.04 Å². The molecule has 1 fully saturated rings. The van der Waals surface area contributed by atoms with Gasteiger partial charge in [0.2, 0.25) is 5.91 Å². The second-order valence-electron chi connectivity index (χ2n) is 4.64. The maximum absolute atomic E-state index is 11.2. The van der Waals surface area contributed by atoms with Crippen LogP contribution in [-0.4, -0.2) is 18.0 Å². The van der Waals surface area contributed by atoms with Crippen molar-refractivity contribution in [2.24, 2.45) is 17.6 Å². The Bertz CT molecular complexity index is 199. The Balaban J connectivity index is 2.47. The van der Waals surface area contributed by atoms with E-state index in [9.17, 15) is 4.79 Å². The maximum Gasteiger partial charge on any atom is 0.234 e. The van der Waals surface area contributed by atoms with E-state index in [1.165, 1.54) is 12.8 Å². The first-order chi connectivity index (χ1) is 6.56. The van der Waals surface area contributed by atoms with Crippen molar-refractivity contribution < 1.29 is 4.79 Å². The minimum Gasteiger partial charge on any atom is -0.368 e. The summed E-state index contributed by atoms with van der Waals surface area (Å²) >= 11 is 0. The molecule has 2 unspecified atom stereocenters. The third-order valence-corrected chi connectivity index (χ3v) is 3.00. The van der Waals surface area contributed by atoms with Crippen LogP contribution in [0.1, 0.15) is 40.0 Å². The fourth-order valence-corrected chi connectivity index (χ4v) is 1.92. The van der Waals surface area contributed by atoms with E-state index in [-0.39, 0.29) is 17.9 Å². The zero-order valence-electron chi connectivity index (χ0n) is 9.42. The highest BCUT2D eigenvalue weighted by atomic mass is 16.1. The first kappa shape index (κ1) is 11.5. The van der Waals surface area contributed by atoms with Gasteiger partial charge < -0.3 is 11.1 Å². The number of carbonyl (C=O) groups excluding carboxylic acids is 1. The Morgan fingerprint density at radius 2 is 2.07 bits per heavy atom. The Morgan fingerprint density at radius 1 is 1.50 bits per heavy atom. The minimum absolute atomic E-state index is 0.166. The molecular formula is C11H22N2O. The number of carbonyl (C=O) groups is 1. The molecule has 0 heterocycles. The first-order valence-corrected chi connectivity index (χ1v) is 5.61. The van der Waals surface area contributed by atoms with E-state index in [4.69, 9.17) is 5.73 Å². The van der Waals surface area contributed by atoms with Crippen LogP contribution in [0.2, 0.25) is 0 Å². The summed E-state index contributed by atoms with van der Waals surface area (Å²) in [5, 5.41) is 3.39. The van der Waals surface area contributed by atoms with Crippen LogP contribution in [0, 0.1) is 11.8 Å². The lowest BCUT2D eigenvalue weighted by Gasteiger charge is -2.25. The van der Waals surface area contributed by atoms with E-state index in [1.54, 1.807) is 0 Å². The molecule has 1 aliphatic rings. The van der Waals surface area contributed by atoms with Crippen LogP contribution in [0.15, 0.2) is 0 Å². The topological polar surface area (TPSA) is 55.1 Å². The Morgan fingerprint density at radius 3 is 2.36 bits per heavy atom. The highest BCUT2D eigenvalue weighted by Gasteiger charge is 2.33. The standard InChI is InChI=1S/C11H22N2O/c1-4-9(8-5-6-8)13-10(7(2)3)11(12)14/h7-10,13H,4-6H2,1-3H3,(H2,12,14). The van der Waals surface area contributed by atoms with E-state index < -0.39 is 0 Å². The van der Waals surface area contributed by atoms with Gasteiger partial charge in [-0.1, -0.05) is 20.8 Å². The molecule has 3 N–H and O–H groups in total. The summed E-state index contributed by atoms with van der Waals surface area (Å²) in [6.07, 6.45) is 3.69. The molecule has 2 atom stereocenters. The third-order valence-electron chi connectivity index (χ3n) is 3.00. The maximum atomic E-state index is 11.2. The molecular weight excluding hydrogens is 176 g/mol. The Kier molecular flexibility index (Phi) is 3.93. The number of hydrogen-bond acceptors (Lipinski definition) is 2. The number of hydrogen-bond donors (Lipinski definition) is 2. The van der Waals surface area contributed by atoms with Gasteiger partial charge in [-0.05, 0) is 31.1 Å². The van der Waals surface area contributed by atoms with Gasteiger partial charge in [-0.3, -0.25) is 4.79 Å². The van der Waals surface area contributed by atoms with E-state index in [0.29, 0.717) is 6.04 Å². The molecule has 1 rings (SSSR count). The van der Waals surface area contributed by atoms with Crippen LogP contribution in [0.4, 0.5) is 0 Å². The predicted molar refractivity (Wildman–Crippen MR) is 57.8 cm³/mol. The smallest absolute Gasteiger partial charge is 0.234 e. The average Bonchev–Trinajstić information content (AvgIpc) is 2.88. The summed E-state index contributed by atoms with van der Waals surface area (Å²) < 4.78 is 0. The summed E-state index contributed by atoms with van der Waals surface area (Å²) in [6, 6.07) is 0.315. The van der Waals surface area contributed by atoms with Gasteiger partial charge in [0.05, 0.1) is 6.04 Å². The van der Waals surface area contributed by atoms with Crippen molar-refractivity contribution in [3.8, 4) is 0 Å². The van der Waals surface area contributed by atoms with Gasteiger partial charge in [-0.25, -0.2) is 0 Å². The fraction of sp³-hybridized carbons (Fsp3) is 0.909. The summed E-state index contributed by atoms with van der Waals surface area (Å²) in [5.41, 5.74) is 5.36. The van der Waals surface area contributed by atoms with Crippen molar-refractivity contribution in [1.82, 2.24) is 5.32 Å². The molecule has 0 radical (unpaired) electrons. The number of amides is 1. The van der Waals surface area contributed by atoms with Crippen molar-refractivity contribution in [3.63, 3.8) is 0 Å². The molecule has 0 bridgehead atoms.